The highest BCUT2D eigenvalue weighted by Crippen LogP contribution is 2.71. The van der Waals surface area contributed by atoms with E-state index in [1.54, 1.807) is 14.2 Å². The first-order valence-electron chi connectivity index (χ1n) is 17.1. The van der Waals surface area contributed by atoms with Gasteiger partial charge in [0.2, 0.25) is 5.79 Å². The van der Waals surface area contributed by atoms with Crippen LogP contribution in [0.4, 0.5) is 0 Å². The van der Waals surface area contributed by atoms with Crippen molar-refractivity contribution in [3.05, 3.63) is 57.9 Å². The van der Waals surface area contributed by atoms with E-state index in [-0.39, 0.29) is 22.9 Å². The quantitative estimate of drug-likeness (QED) is 0.549. The lowest BCUT2D eigenvalue weighted by Crippen LogP contribution is -2.74. The first kappa shape index (κ1) is 26.2. The van der Waals surface area contributed by atoms with Crippen LogP contribution in [-0.4, -0.2) is 86.4 Å². The van der Waals surface area contributed by atoms with Gasteiger partial charge in [-0.15, -0.1) is 0 Å². The number of methoxy groups -OCH3 is 2. The van der Waals surface area contributed by atoms with Crippen molar-refractivity contribution >= 4 is 0 Å². The summed E-state index contributed by atoms with van der Waals surface area (Å²) in [6, 6.07) is 9.52. The van der Waals surface area contributed by atoms with Crippen LogP contribution < -0.4 is 18.9 Å². The largest absolute Gasteiger partial charge is 0.493 e. The number of rotatable bonds is 2. The summed E-state index contributed by atoms with van der Waals surface area (Å²) in [5, 5.41) is 13.2. The van der Waals surface area contributed by atoms with Crippen LogP contribution in [0.25, 0.3) is 0 Å². The standard InChI is InChI=1S/C37H42N2O6/c1-38-11-9-35-22-14-20-13-21-17-23-25-16-19-6-8-27(42-4)32-29(19)36(23,10-12-39(25)2)34(44-32)37(21,40)45-30(20)33(35)43-31-26(41-3)7-5-18(28(31)35)15-24(22)38/h5-8,21-25,33-34,40H,9-17H2,1-4H3/t21-,22-,23-,24+,25-,33-,34+,35-,36-,37+/m0/s1. The van der Waals surface area contributed by atoms with Gasteiger partial charge in [-0.1, -0.05) is 12.1 Å². The maximum Gasteiger partial charge on any atom is 0.249 e. The molecule has 1 saturated carbocycles. The second-order valence-corrected chi connectivity index (χ2v) is 15.7. The number of nitrogens with zero attached hydrogens (tertiary/aromatic N) is 2. The second-order valence-electron chi connectivity index (χ2n) is 15.7. The topological polar surface area (TPSA) is 72.9 Å². The molecular formula is C37H42N2O6. The highest BCUT2D eigenvalue weighted by Gasteiger charge is 2.75. The highest BCUT2D eigenvalue weighted by molar-refractivity contribution is 5.64. The summed E-state index contributed by atoms with van der Waals surface area (Å²) in [5.74, 6) is 3.51. The van der Waals surface area contributed by atoms with Crippen LogP contribution in [0.5, 0.6) is 23.0 Å². The van der Waals surface area contributed by atoms with Gasteiger partial charge >= 0.3 is 0 Å². The Bertz CT molecular complexity index is 1740. The molecule has 2 aromatic rings. The van der Waals surface area contributed by atoms with Crippen LogP contribution in [0.3, 0.4) is 0 Å². The molecule has 8 nitrogen and oxygen atoms in total. The van der Waals surface area contributed by atoms with E-state index in [1.165, 1.54) is 27.8 Å². The summed E-state index contributed by atoms with van der Waals surface area (Å²) in [6.07, 6.45) is 6.01. The van der Waals surface area contributed by atoms with Gasteiger partial charge in [0.1, 0.15) is 5.76 Å². The fourth-order valence-electron chi connectivity index (χ4n) is 12.7. The van der Waals surface area contributed by atoms with E-state index in [9.17, 15) is 5.11 Å². The zero-order chi connectivity index (χ0) is 30.2. The number of likely N-dealkylation sites (N-methyl/N-ethyl adjacent to an activating group) is 2. The van der Waals surface area contributed by atoms with Crippen molar-refractivity contribution in [1.82, 2.24) is 9.80 Å². The van der Waals surface area contributed by atoms with E-state index in [2.05, 4.69) is 48.2 Å². The summed E-state index contributed by atoms with van der Waals surface area (Å²) in [6.45, 7) is 2.01. The van der Waals surface area contributed by atoms with Gasteiger partial charge in [-0.05, 0) is 113 Å². The SMILES string of the molecule is COc1ccc2c3c1O[C@H]1C4=C(C[C@H]5C[C@H]6[C@@H]7Cc8ccc(OC)c9c8[C@@]6(CCN7C)[C@@H](O9)[C@]5(O)O4)C[C@H]4[C@@H](C2)N(C)CC[C@]314. The maximum absolute atomic E-state index is 13.2. The molecule has 11 rings (SSSR count). The van der Waals surface area contributed by atoms with Crippen molar-refractivity contribution in [2.75, 3.05) is 41.4 Å². The molecular weight excluding hydrogens is 568 g/mol. The van der Waals surface area contributed by atoms with Crippen LogP contribution in [0.2, 0.25) is 0 Å². The van der Waals surface area contributed by atoms with E-state index in [1.807, 2.05) is 0 Å². The van der Waals surface area contributed by atoms with E-state index < -0.39 is 11.9 Å². The van der Waals surface area contributed by atoms with E-state index in [0.717, 1.165) is 86.8 Å². The number of fused-ring (bicyclic) bond motifs is 3. The minimum atomic E-state index is -1.46. The van der Waals surface area contributed by atoms with E-state index in [4.69, 9.17) is 23.7 Å². The lowest BCUT2D eigenvalue weighted by molar-refractivity contribution is -0.315. The van der Waals surface area contributed by atoms with Crippen molar-refractivity contribution in [3.63, 3.8) is 0 Å². The van der Waals surface area contributed by atoms with Crippen molar-refractivity contribution in [2.24, 2.45) is 17.8 Å². The number of aliphatic hydroxyl groups is 1. The van der Waals surface area contributed by atoms with Gasteiger partial charge < -0.3 is 38.6 Å². The average molecular weight is 611 g/mol. The van der Waals surface area contributed by atoms with Crippen LogP contribution in [0, 0.1) is 17.8 Å². The lowest BCUT2D eigenvalue weighted by atomic mass is 9.47. The van der Waals surface area contributed by atoms with E-state index >= 15 is 0 Å². The van der Waals surface area contributed by atoms with Gasteiger partial charge in [0.25, 0.3) is 0 Å². The van der Waals surface area contributed by atoms with Crippen molar-refractivity contribution < 1.29 is 28.8 Å². The minimum Gasteiger partial charge on any atom is -0.493 e. The Labute approximate surface area is 264 Å². The molecule has 0 amide bonds. The molecule has 236 valence electrons. The molecule has 9 aliphatic rings. The Hall–Kier alpha value is -2.94. The van der Waals surface area contributed by atoms with Crippen molar-refractivity contribution in [1.29, 1.82) is 0 Å². The average Bonchev–Trinajstić information content (AvgIpc) is 3.58. The number of ether oxygens (including phenoxy) is 5. The summed E-state index contributed by atoms with van der Waals surface area (Å²) < 4.78 is 33.1. The summed E-state index contributed by atoms with van der Waals surface area (Å²) in [4.78, 5) is 5.15. The normalized spacial score (nSPS) is 44.1. The number of hydrogen-bond donors (Lipinski definition) is 1. The molecule has 45 heavy (non-hydrogen) atoms. The second kappa shape index (κ2) is 8.12. The molecule has 5 heterocycles. The highest BCUT2D eigenvalue weighted by atomic mass is 16.7. The fraction of sp³-hybridized carbons (Fsp3) is 0.622. The summed E-state index contributed by atoms with van der Waals surface area (Å²) >= 11 is 0. The summed E-state index contributed by atoms with van der Waals surface area (Å²) in [5.41, 5.74) is 6.22. The zero-order valence-corrected chi connectivity index (χ0v) is 26.6. The van der Waals surface area contributed by atoms with Crippen LogP contribution in [-0.2, 0) is 28.4 Å². The predicted octanol–water partition coefficient (Wildman–Crippen LogP) is 3.94. The van der Waals surface area contributed by atoms with Gasteiger partial charge in [-0.2, -0.15) is 0 Å². The number of likely N-dealkylation sites (tertiary alicyclic amines) is 2. The Morgan fingerprint density at radius 2 is 1.40 bits per heavy atom. The van der Waals surface area contributed by atoms with Gasteiger partial charge in [0, 0.05) is 40.0 Å². The number of piperidine rings is 2. The van der Waals surface area contributed by atoms with Gasteiger partial charge in [0.05, 0.1) is 14.2 Å². The molecule has 2 saturated heterocycles. The first-order valence-corrected chi connectivity index (χ1v) is 17.1. The lowest BCUT2D eigenvalue weighted by Gasteiger charge is -2.64. The molecule has 10 atom stereocenters. The number of allylic oxidation sites excluding steroid dienone is 1. The third-order valence-corrected chi connectivity index (χ3v) is 14.5. The third kappa shape index (κ3) is 2.71. The van der Waals surface area contributed by atoms with Crippen LogP contribution >= 0.6 is 0 Å². The zero-order valence-electron chi connectivity index (χ0n) is 26.6. The Morgan fingerprint density at radius 1 is 0.778 bits per heavy atom. The molecule has 2 aromatic carbocycles. The molecule has 4 aliphatic carbocycles. The smallest absolute Gasteiger partial charge is 0.249 e. The molecule has 0 unspecified atom stereocenters. The van der Waals surface area contributed by atoms with Gasteiger partial charge in [0.15, 0.2) is 35.2 Å². The maximum atomic E-state index is 13.2. The fourth-order valence-corrected chi connectivity index (χ4v) is 12.7. The number of benzene rings is 2. The van der Waals surface area contributed by atoms with Crippen molar-refractivity contribution in [2.45, 2.75) is 85.9 Å². The molecule has 4 bridgehead atoms. The Balaban J connectivity index is 1.08. The molecule has 1 N–H and O–H groups in total. The van der Waals surface area contributed by atoms with Crippen molar-refractivity contribution in [3.8, 4) is 23.0 Å². The molecule has 0 aromatic heterocycles. The molecule has 8 heteroatoms. The Morgan fingerprint density at radius 3 is 2.09 bits per heavy atom. The van der Waals surface area contributed by atoms with Gasteiger partial charge in [-0.25, -0.2) is 0 Å². The first-order chi connectivity index (χ1) is 21.8. The minimum absolute atomic E-state index is 0.0423. The summed E-state index contributed by atoms with van der Waals surface area (Å²) in [7, 11) is 8.04. The predicted molar refractivity (Wildman–Crippen MR) is 165 cm³/mol. The Kier molecular flexibility index (Phi) is 4.72. The molecule has 3 fully saturated rings. The van der Waals surface area contributed by atoms with Gasteiger partial charge in [-0.3, -0.25) is 0 Å². The van der Waals surface area contributed by atoms with E-state index in [0.29, 0.717) is 23.9 Å². The third-order valence-electron chi connectivity index (χ3n) is 14.5. The number of hydrogen-bond acceptors (Lipinski definition) is 8. The van der Waals surface area contributed by atoms with Crippen LogP contribution in [0.15, 0.2) is 35.6 Å². The molecule has 2 spiro atoms. The molecule has 0 radical (unpaired) electrons. The molecule has 5 aliphatic heterocycles. The monoisotopic (exact) mass is 610 g/mol. The van der Waals surface area contributed by atoms with Crippen LogP contribution in [0.1, 0.15) is 54.4 Å².